The molecule has 1 amide bonds. The molecular formula is C6H12ClNO3S. The van der Waals surface area contributed by atoms with Crippen LogP contribution in [0.25, 0.3) is 0 Å². The maximum absolute atomic E-state index is 10.8. The molecule has 0 aromatic rings. The molecule has 0 aromatic carbocycles. The molecule has 0 fully saturated rings. The van der Waals surface area contributed by atoms with Crippen molar-refractivity contribution in [1.29, 1.82) is 0 Å². The van der Waals surface area contributed by atoms with Crippen LogP contribution >= 0.6 is 11.6 Å². The Morgan fingerprint density at radius 2 is 2.00 bits per heavy atom. The molecule has 72 valence electrons. The summed E-state index contributed by atoms with van der Waals surface area (Å²) >= 11 is 5.26. The average molecular weight is 214 g/mol. The third-order valence-corrected chi connectivity index (χ3v) is 2.49. The van der Waals surface area contributed by atoms with Crippen molar-refractivity contribution in [2.45, 2.75) is 0 Å². The van der Waals surface area contributed by atoms with E-state index in [1.165, 1.54) is 11.9 Å². The molecule has 0 saturated heterocycles. The summed E-state index contributed by atoms with van der Waals surface area (Å²) in [5, 5.41) is 0. The van der Waals surface area contributed by atoms with Crippen LogP contribution in [0.1, 0.15) is 0 Å². The van der Waals surface area contributed by atoms with Crippen LogP contribution in [0.4, 0.5) is 0 Å². The highest BCUT2D eigenvalue weighted by Gasteiger charge is 2.09. The van der Waals surface area contributed by atoms with Gasteiger partial charge in [-0.3, -0.25) is 4.79 Å². The van der Waals surface area contributed by atoms with Gasteiger partial charge in [0.25, 0.3) is 0 Å². The summed E-state index contributed by atoms with van der Waals surface area (Å²) in [6.45, 7) is 0.199. The van der Waals surface area contributed by atoms with Gasteiger partial charge in [-0.15, -0.1) is 11.6 Å². The van der Waals surface area contributed by atoms with E-state index in [2.05, 4.69) is 0 Å². The van der Waals surface area contributed by atoms with Crippen LogP contribution in [0.5, 0.6) is 0 Å². The number of halogens is 1. The second-order valence-electron chi connectivity index (χ2n) is 2.58. The van der Waals surface area contributed by atoms with Crippen molar-refractivity contribution in [2.75, 3.05) is 31.5 Å². The van der Waals surface area contributed by atoms with Crippen LogP contribution < -0.4 is 0 Å². The first kappa shape index (κ1) is 11.7. The van der Waals surface area contributed by atoms with Crippen molar-refractivity contribution in [3.8, 4) is 0 Å². The first-order valence-electron chi connectivity index (χ1n) is 3.34. The van der Waals surface area contributed by atoms with Gasteiger partial charge < -0.3 is 4.90 Å². The Hall–Kier alpha value is -0.290. The largest absolute Gasteiger partial charge is 0.344 e. The topological polar surface area (TPSA) is 54.5 Å². The fourth-order valence-electron chi connectivity index (χ4n) is 0.529. The Morgan fingerprint density at radius 3 is 2.33 bits per heavy atom. The molecule has 0 aliphatic carbocycles. The van der Waals surface area contributed by atoms with E-state index >= 15 is 0 Å². The third-order valence-electron chi connectivity index (χ3n) is 1.34. The van der Waals surface area contributed by atoms with E-state index in [0.717, 1.165) is 6.26 Å². The zero-order valence-electron chi connectivity index (χ0n) is 7.08. The number of hydrogen-bond donors (Lipinski definition) is 0. The van der Waals surface area contributed by atoms with Crippen molar-refractivity contribution in [2.24, 2.45) is 0 Å². The average Bonchev–Trinajstić information content (AvgIpc) is 1.97. The fraction of sp³-hybridized carbons (Fsp3) is 0.833. The molecule has 0 bridgehead atoms. The van der Waals surface area contributed by atoms with Crippen LogP contribution in [-0.4, -0.2) is 50.7 Å². The molecule has 6 heteroatoms. The summed E-state index contributed by atoms with van der Waals surface area (Å²) in [5.74, 6) is -0.396. The molecular weight excluding hydrogens is 202 g/mol. The van der Waals surface area contributed by atoms with Crippen LogP contribution in [0.3, 0.4) is 0 Å². The molecule has 12 heavy (non-hydrogen) atoms. The van der Waals surface area contributed by atoms with Gasteiger partial charge in [0.1, 0.15) is 15.7 Å². The van der Waals surface area contributed by atoms with Gasteiger partial charge in [0, 0.05) is 19.8 Å². The SMILES string of the molecule is CN(CCS(C)(=O)=O)C(=O)CCl. The highest BCUT2D eigenvalue weighted by molar-refractivity contribution is 7.90. The van der Waals surface area contributed by atoms with Crippen molar-refractivity contribution >= 4 is 27.3 Å². The van der Waals surface area contributed by atoms with Crippen molar-refractivity contribution < 1.29 is 13.2 Å². The molecule has 0 heterocycles. The molecule has 0 aliphatic rings. The van der Waals surface area contributed by atoms with E-state index < -0.39 is 9.84 Å². The Morgan fingerprint density at radius 1 is 1.50 bits per heavy atom. The van der Waals surface area contributed by atoms with Crippen LogP contribution in [-0.2, 0) is 14.6 Å². The Labute approximate surface area is 77.4 Å². The summed E-state index contributed by atoms with van der Waals surface area (Å²) < 4.78 is 21.4. The maximum Gasteiger partial charge on any atom is 0.237 e. The highest BCUT2D eigenvalue weighted by atomic mass is 35.5. The number of rotatable bonds is 4. The first-order valence-corrected chi connectivity index (χ1v) is 5.94. The molecule has 0 rings (SSSR count). The minimum atomic E-state index is -3.00. The summed E-state index contributed by atoms with van der Waals surface area (Å²) in [5.41, 5.74) is 0. The lowest BCUT2D eigenvalue weighted by molar-refractivity contribution is -0.126. The number of carbonyl (C=O) groups excluding carboxylic acids is 1. The molecule has 0 saturated carbocycles. The highest BCUT2D eigenvalue weighted by Crippen LogP contribution is 1.90. The van der Waals surface area contributed by atoms with Gasteiger partial charge in [0.05, 0.1) is 5.75 Å². The molecule has 0 atom stereocenters. The summed E-state index contributed by atoms with van der Waals surface area (Å²) in [4.78, 5) is 12.1. The number of nitrogens with zero attached hydrogens (tertiary/aromatic N) is 1. The molecule has 0 radical (unpaired) electrons. The van der Waals surface area contributed by atoms with Crippen LogP contribution in [0.15, 0.2) is 0 Å². The molecule has 0 N–H and O–H groups in total. The summed E-state index contributed by atoms with van der Waals surface area (Å²) in [7, 11) is -1.47. The van der Waals surface area contributed by atoms with Crippen molar-refractivity contribution in [3.05, 3.63) is 0 Å². The van der Waals surface area contributed by atoms with E-state index in [1.54, 1.807) is 0 Å². The summed E-state index contributed by atoms with van der Waals surface area (Å²) in [6.07, 6.45) is 1.13. The minimum Gasteiger partial charge on any atom is -0.344 e. The zero-order valence-corrected chi connectivity index (χ0v) is 8.65. The molecule has 0 unspecified atom stereocenters. The Bertz CT molecular complexity index is 250. The van der Waals surface area contributed by atoms with E-state index in [4.69, 9.17) is 11.6 Å². The molecule has 0 spiro atoms. The van der Waals surface area contributed by atoms with E-state index in [-0.39, 0.29) is 24.1 Å². The lowest BCUT2D eigenvalue weighted by atomic mass is 10.5. The predicted molar refractivity (Wildman–Crippen MR) is 48.1 cm³/mol. The molecule has 0 aliphatic heterocycles. The smallest absolute Gasteiger partial charge is 0.237 e. The number of hydrogen-bond acceptors (Lipinski definition) is 3. The fourth-order valence-corrected chi connectivity index (χ4v) is 1.34. The van der Waals surface area contributed by atoms with Gasteiger partial charge in [-0.2, -0.15) is 0 Å². The second kappa shape index (κ2) is 4.67. The van der Waals surface area contributed by atoms with Gasteiger partial charge in [0.2, 0.25) is 5.91 Å². The second-order valence-corrected chi connectivity index (χ2v) is 5.11. The van der Waals surface area contributed by atoms with E-state index in [9.17, 15) is 13.2 Å². The van der Waals surface area contributed by atoms with Gasteiger partial charge in [-0.05, 0) is 0 Å². The van der Waals surface area contributed by atoms with Crippen LogP contribution in [0, 0.1) is 0 Å². The van der Waals surface area contributed by atoms with E-state index in [1.807, 2.05) is 0 Å². The Balaban J connectivity index is 3.88. The van der Waals surface area contributed by atoms with Gasteiger partial charge in [-0.25, -0.2) is 8.42 Å². The standard InChI is InChI=1S/C6H12ClNO3S/c1-8(6(9)5-7)3-4-12(2,10)11/h3-5H2,1-2H3. The first-order chi connectivity index (χ1) is 5.37. The quantitative estimate of drug-likeness (QED) is 0.604. The maximum atomic E-state index is 10.8. The molecule has 4 nitrogen and oxygen atoms in total. The lowest BCUT2D eigenvalue weighted by Gasteiger charge is -2.14. The van der Waals surface area contributed by atoms with Gasteiger partial charge in [-0.1, -0.05) is 0 Å². The van der Waals surface area contributed by atoms with E-state index in [0.29, 0.717) is 0 Å². The predicted octanol–water partition coefficient (Wildman–Crippen LogP) is -0.272. The summed E-state index contributed by atoms with van der Waals surface area (Å²) in [6, 6.07) is 0. The lowest BCUT2D eigenvalue weighted by Crippen LogP contribution is -2.32. The minimum absolute atomic E-state index is 0.0217. The number of carbonyl (C=O) groups is 1. The monoisotopic (exact) mass is 213 g/mol. The third kappa shape index (κ3) is 5.37. The van der Waals surface area contributed by atoms with Gasteiger partial charge >= 0.3 is 0 Å². The Kier molecular flexibility index (Phi) is 4.55. The van der Waals surface area contributed by atoms with Crippen molar-refractivity contribution in [1.82, 2.24) is 4.90 Å². The zero-order chi connectivity index (χ0) is 9.78. The number of sulfone groups is 1. The normalized spacial score (nSPS) is 11.2. The number of amides is 1. The van der Waals surface area contributed by atoms with Gasteiger partial charge in [0.15, 0.2) is 0 Å². The number of alkyl halides is 1. The molecule has 0 aromatic heterocycles. The van der Waals surface area contributed by atoms with Crippen LogP contribution in [0.2, 0.25) is 0 Å². The van der Waals surface area contributed by atoms with Crippen molar-refractivity contribution in [3.63, 3.8) is 0 Å².